The third-order valence-corrected chi connectivity index (χ3v) is 2.92. The van der Waals surface area contributed by atoms with Gasteiger partial charge in [-0.25, -0.2) is 0 Å². The molecule has 0 aromatic heterocycles. The molecule has 0 heterocycles. The Morgan fingerprint density at radius 1 is 1.25 bits per heavy atom. The Morgan fingerprint density at radius 2 is 1.90 bits per heavy atom. The van der Waals surface area contributed by atoms with Gasteiger partial charge in [-0.05, 0) is 50.8 Å². The zero-order chi connectivity index (χ0) is 15.3. The fourth-order valence-corrected chi connectivity index (χ4v) is 2.09. The Balaban J connectivity index is 2.65. The van der Waals surface area contributed by atoms with Crippen LogP contribution in [0, 0.1) is 6.92 Å². The number of alkyl halides is 3. The highest BCUT2D eigenvalue weighted by atomic mass is 19.4. The minimum Gasteiger partial charge on any atom is -0.370 e. The van der Waals surface area contributed by atoms with Gasteiger partial charge in [-0.2, -0.15) is 13.2 Å². The maximum Gasteiger partial charge on any atom is 0.416 e. The molecule has 0 aliphatic rings. The van der Waals surface area contributed by atoms with E-state index < -0.39 is 11.7 Å². The highest BCUT2D eigenvalue weighted by Gasteiger charge is 2.30. The van der Waals surface area contributed by atoms with Gasteiger partial charge in [0.15, 0.2) is 5.96 Å². The van der Waals surface area contributed by atoms with E-state index in [4.69, 9.17) is 11.5 Å². The minimum absolute atomic E-state index is 0.0214. The number of guanidine groups is 1. The average Bonchev–Trinajstić information content (AvgIpc) is 2.25. The molecular weight excluding hydrogens is 267 g/mol. The molecule has 20 heavy (non-hydrogen) atoms. The molecule has 6 heteroatoms. The van der Waals surface area contributed by atoms with Gasteiger partial charge in [0.05, 0.1) is 11.6 Å². The molecule has 0 aliphatic carbocycles. The molecule has 0 saturated heterocycles. The molecule has 1 atom stereocenters. The molecule has 112 valence electrons. The van der Waals surface area contributed by atoms with Gasteiger partial charge in [0, 0.05) is 0 Å². The molecule has 1 rings (SSSR count). The lowest BCUT2D eigenvalue weighted by Crippen LogP contribution is -2.24. The Hall–Kier alpha value is -1.72. The molecule has 0 amide bonds. The van der Waals surface area contributed by atoms with Crippen LogP contribution in [0.2, 0.25) is 0 Å². The molecule has 3 nitrogen and oxygen atoms in total. The van der Waals surface area contributed by atoms with E-state index in [1.807, 2.05) is 6.92 Å². The van der Waals surface area contributed by atoms with Gasteiger partial charge in [0.2, 0.25) is 0 Å². The van der Waals surface area contributed by atoms with E-state index in [2.05, 4.69) is 4.99 Å². The highest BCUT2D eigenvalue weighted by Crippen LogP contribution is 2.30. The highest BCUT2D eigenvalue weighted by molar-refractivity contribution is 5.75. The van der Waals surface area contributed by atoms with E-state index in [9.17, 15) is 13.2 Å². The van der Waals surface area contributed by atoms with Crippen molar-refractivity contribution in [1.29, 1.82) is 0 Å². The van der Waals surface area contributed by atoms with Crippen LogP contribution in [0.4, 0.5) is 13.2 Å². The van der Waals surface area contributed by atoms with Crippen LogP contribution in [0.3, 0.4) is 0 Å². The summed E-state index contributed by atoms with van der Waals surface area (Å²) in [4.78, 5) is 3.98. The molecule has 0 aliphatic heterocycles. The van der Waals surface area contributed by atoms with Crippen molar-refractivity contribution in [3.63, 3.8) is 0 Å². The average molecular weight is 287 g/mol. The number of halogens is 3. The summed E-state index contributed by atoms with van der Waals surface area (Å²) in [7, 11) is 0. The molecule has 0 unspecified atom stereocenters. The van der Waals surface area contributed by atoms with E-state index in [1.54, 1.807) is 13.0 Å². The van der Waals surface area contributed by atoms with E-state index in [1.165, 1.54) is 6.07 Å². The zero-order valence-corrected chi connectivity index (χ0v) is 11.7. The Labute approximate surface area is 116 Å². The molecule has 0 saturated carbocycles. The van der Waals surface area contributed by atoms with Crippen molar-refractivity contribution in [3.05, 3.63) is 34.9 Å². The minimum atomic E-state index is -4.30. The summed E-state index contributed by atoms with van der Waals surface area (Å²) in [6, 6.07) is 4.12. The van der Waals surface area contributed by atoms with Crippen molar-refractivity contribution < 1.29 is 13.2 Å². The summed E-state index contributed by atoms with van der Waals surface area (Å²) in [5.74, 6) is 0.0346. The number of hydrogen-bond acceptors (Lipinski definition) is 1. The molecule has 0 bridgehead atoms. The van der Waals surface area contributed by atoms with Crippen LogP contribution in [0.5, 0.6) is 0 Å². The van der Waals surface area contributed by atoms with Gasteiger partial charge < -0.3 is 11.5 Å². The van der Waals surface area contributed by atoms with Gasteiger partial charge in [0.1, 0.15) is 0 Å². The molecule has 1 aromatic rings. The van der Waals surface area contributed by atoms with Gasteiger partial charge >= 0.3 is 6.18 Å². The van der Waals surface area contributed by atoms with Crippen molar-refractivity contribution in [2.75, 3.05) is 0 Å². The summed E-state index contributed by atoms with van der Waals surface area (Å²) >= 11 is 0. The van der Waals surface area contributed by atoms with Gasteiger partial charge in [-0.3, -0.25) is 4.99 Å². The first kappa shape index (κ1) is 16.3. The third kappa shape index (κ3) is 5.50. The standard InChI is InChI=1S/C14H20F3N3/c1-9-6-11(8-12(7-9)14(15,16)17)5-3-4-10(2)20-13(18)19/h6-8,10H,3-5H2,1-2H3,(H4,18,19,20)/t10-/m0/s1. The summed E-state index contributed by atoms with van der Waals surface area (Å²) in [5, 5.41) is 0. The first-order valence-corrected chi connectivity index (χ1v) is 6.45. The number of hydrogen-bond donors (Lipinski definition) is 2. The zero-order valence-electron chi connectivity index (χ0n) is 11.7. The second-order valence-electron chi connectivity index (χ2n) is 5.00. The third-order valence-electron chi connectivity index (χ3n) is 2.92. The fourth-order valence-electron chi connectivity index (χ4n) is 2.09. The molecule has 0 spiro atoms. The number of benzene rings is 1. The lowest BCUT2D eigenvalue weighted by Gasteiger charge is -2.11. The van der Waals surface area contributed by atoms with Crippen LogP contribution in [0.15, 0.2) is 23.2 Å². The summed E-state index contributed by atoms with van der Waals surface area (Å²) < 4.78 is 38.1. The smallest absolute Gasteiger partial charge is 0.370 e. The van der Waals surface area contributed by atoms with Crippen molar-refractivity contribution in [3.8, 4) is 0 Å². The number of aliphatic imine (C=N–C) groups is 1. The predicted molar refractivity (Wildman–Crippen MR) is 74.4 cm³/mol. The monoisotopic (exact) mass is 287 g/mol. The number of nitrogens with two attached hydrogens (primary N) is 2. The predicted octanol–water partition coefficient (Wildman–Crippen LogP) is 3.00. The molecule has 0 fully saturated rings. The molecular formula is C14H20F3N3. The van der Waals surface area contributed by atoms with Crippen LogP contribution in [0.25, 0.3) is 0 Å². The summed E-state index contributed by atoms with van der Waals surface area (Å²) in [6.45, 7) is 3.54. The van der Waals surface area contributed by atoms with Crippen LogP contribution >= 0.6 is 0 Å². The van der Waals surface area contributed by atoms with Crippen molar-refractivity contribution in [2.24, 2.45) is 16.5 Å². The summed E-state index contributed by atoms with van der Waals surface area (Å²) in [5.41, 5.74) is 11.2. The lowest BCUT2D eigenvalue weighted by molar-refractivity contribution is -0.137. The molecule has 0 radical (unpaired) electrons. The van der Waals surface area contributed by atoms with Crippen LogP contribution in [-0.2, 0) is 12.6 Å². The number of aryl methyl sites for hydroxylation is 2. The van der Waals surface area contributed by atoms with E-state index in [0.29, 0.717) is 17.5 Å². The van der Waals surface area contributed by atoms with Crippen LogP contribution in [0.1, 0.15) is 36.5 Å². The second-order valence-corrected chi connectivity index (χ2v) is 5.00. The van der Waals surface area contributed by atoms with Crippen molar-refractivity contribution >= 4 is 5.96 Å². The quantitative estimate of drug-likeness (QED) is 0.646. The van der Waals surface area contributed by atoms with Crippen LogP contribution in [-0.4, -0.2) is 12.0 Å². The maximum absolute atomic E-state index is 12.7. The normalized spacial score (nSPS) is 13.1. The topological polar surface area (TPSA) is 64.4 Å². The van der Waals surface area contributed by atoms with E-state index in [-0.39, 0.29) is 12.0 Å². The molecule has 4 N–H and O–H groups in total. The Bertz CT molecular complexity index is 477. The van der Waals surface area contributed by atoms with E-state index >= 15 is 0 Å². The Kier molecular flexibility index (Phi) is 5.42. The van der Waals surface area contributed by atoms with Gasteiger partial charge in [0.25, 0.3) is 0 Å². The maximum atomic E-state index is 12.7. The van der Waals surface area contributed by atoms with Gasteiger partial charge in [-0.15, -0.1) is 0 Å². The fraction of sp³-hybridized carbons (Fsp3) is 0.500. The van der Waals surface area contributed by atoms with Crippen LogP contribution < -0.4 is 11.5 Å². The van der Waals surface area contributed by atoms with Gasteiger partial charge in [-0.1, -0.05) is 11.6 Å². The van der Waals surface area contributed by atoms with Crippen molar-refractivity contribution in [2.45, 2.75) is 45.3 Å². The van der Waals surface area contributed by atoms with Crippen molar-refractivity contribution in [1.82, 2.24) is 0 Å². The number of nitrogens with zero attached hydrogens (tertiary/aromatic N) is 1. The largest absolute Gasteiger partial charge is 0.416 e. The first-order valence-electron chi connectivity index (χ1n) is 6.45. The lowest BCUT2D eigenvalue weighted by atomic mass is 10.0. The Morgan fingerprint density at radius 3 is 2.45 bits per heavy atom. The number of rotatable bonds is 5. The first-order chi connectivity index (χ1) is 9.18. The SMILES string of the molecule is Cc1cc(CCC[C@H](C)N=C(N)N)cc(C(F)(F)F)c1. The second kappa shape index (κ2) is 6.63. The van der Waals surface area contributed by atoms with E-state index in [0.717, 1.165) is 18.9 Å². The summed E-state index contributed by atoms with van der Waals surface area (Å²) in [6.07, 6.45) is -2.26. The molecule has 1 aromatic carbocycles.